The van der Waals surface area contributed by atoms with Crippen molar-refractivity contribution in [3.8, 4) is 0 Å². The number of amides is 2. The number of rotatable bonds is 14. The van der Waals surface area contributed by atoms with Crippen LogP contribution in [0.25, 0.3) is 0 Å². The molecule has 3 fully saturated rings. The van der Waals surface area contributed by atoms with E-state index in [0.29, 0.717) is 89.2 Å². The number of allylic oxidation sites excluding steroid dienone is 3. The molecule has 8 unspecified atom stereocenters. The molecular formula is C57H83NO18. The molecule has 5 aliphatic rings. The maximum Gasteiger partial charge on any atom is 0.330 e. The zero-order valence-electron chi connectivity index (χ0n) is 46.0. The number of ether oxygens (including phenoxy) is 7. The van der Waals surface area contributed by atoms with Crippen LogP contribution in [0.5, 0.6) is 0 Å². The summed E-state index contributed by atoms with van der Waals surface area (Å²) >= 11 is 0. The molecule has 3 saturated heterocycles. The minimum absolute atomic E-state index is 0.0624. The molecule has 0 spiro atoms. The third kappa shape index (κ3) is 21.7. The quantitative estimate of drug-likeness (QED) is 0.0282. The number of cyclic esters (lactones) is 1. The summed E-state index contributed by atoms with van der Waals surface area (Å²) < 4.78 is 41.4. The monoisotopic (exact) mass is 1070 g/mol. The fraction of sp³-hybridized carbons (Fsp3) is 0.649. The van der Waals surface area contributed by atoms with E-state index in [-0.39, 0.29) is 61.3 Å². The number of nitrogens with zero attached hydrogens (tertiary/aromatic N) is 1. The first-order valence-corrected chi connectivity index (χ1v) is 26.5. The molecule has 424 valence electrons. The van der Waals surface area contributed by atoms with Gasteiger partial charge in [0.25, 0.3) is 11.8 Å². The zero-order chi connectivity index (χ0) is 56.6. The van der Waals surface area contributed by atoms with Crippen molar-refractivity contribution in [1.29, 1.82) is 0 Å². The Balaban J connectivity index is 0.000000496. The number of hydrogen-bond donors (Lipinski definition) is 3. The summed E-state index contributed by atoms with van der Waals surface area (Å²) in [5, 5.41) is 28.7. The highest BCUT2D eigenvalue weighted by Gasteiger charge is 2.50. The zero-order valence-corrected chi connectivity index (χ0v) is 46.0. The molecule has 0 aromatic carbocycles. The average Bonchev–Trinajstić information content (AvgIpc) is 3.66. The van der Waals surface area contributed by atoms with Gasteiger partial charge in [0.15, 0.2) is 5.79 Å². The van der Waals surface area contributed by atoms with Crippen molar-refractivity contribution in [3.05, 3.63) is 71.9 Å². The smallest absolute Gasteiger partial charge is 0.330 e. The highest BCUT2D eigenvalue weighted by atomic mass is 16.6. The van der Waals surface area contributed by atoms with Gasteiger partial charge in [-0.1, -0.05) is 95.9 Å². The molecule has 0 saturated carbocycles. The van der Waals surface area contributed by atoms with Crippen LogP contribution in [0.1, 0.15) is 158 Å². The summed E-state index contributed by atoms with van der Waals surface area (Å²) in [6.07, 6.45) is 21.2. The summed E-state index contributed by atoms with van der Waals surface area (Å²) in [5.74, 6) is -5.69. The Morgan fingerprint density at radius 2 is 1.47 bits per heavy atom. The van der Waals surface area contributed by atoms with Crippen molar-refractivity contribution < 1.29 is 86.8 Å². The van der Waals surface area contributed by atoms with Gasteiger partial charge >= 0.3 is 35.8 Å². The molecule has 5 heterocycles. The number of carboxylic acid groups (broad SMARTS) is 2. The van der Waals surface area contributed by atoms with Crippen molar-refractivity contribution in [2.45, 2.75) is 206 Å². The normalized spacial score (nSPS) is 29.1. The molecule has 0 aromatic heterocycles. The summed E-state index contributed by atoms with van der Waals surface area (Å²) in [6, 6.07) is 0. The van der Waals surface area contributed by atoms with Crippen molar-refractivity contribution >= 4 is 47.6 Å². The molecule has 5 rings (SSSR count). The van der Waals surface area contributed by atoms with E-state index in [2.05, 4.69) is 6.92 Å². The molecule has 8 atom stereocenters. The van der Waals surface area contributed by atoms with E-state index in [9.17, 15) is 43.5 Å². The molecule has 3 N–H and O–H groups in total. The molecule has 19 heteroatoms. The topological polar surface area (TPSA) is 265 Å². The molecule has 0 aromatic rings. The standard InChI is InChI=1S/C39H58O12.C10H13NO4.C8H12O2/c1-9-27-20-31-17-26(19-36(43)46-8)23-39(44,51-31)37(3,4)14-13-29-15-25(18-35(42)45-7)16-30(48-29)22-33-38(5,6)32(47-24(2)40)21-28(49-33)11-10-12-34(41)50-27;12-8-5-6-9(13)11(8)7-3-1-2-4-10(14)15;1-2-3-4-5-6-7-8(9)10/h13-14,18-19,27-33,44H,9-12,15-17,20-23H2,1-8H3;5-6H,1-4,7H2,(H,14,15);4-7H,2-3H2,1H3,(H,9,10)/b14-13+,25-18+,26-19+;;5-4+,7-6+. The van der Waals surface area contributed by atoms with Crippen molar-refractivity contribution in [2.24, 2.45) is 10.8 Å². The number of aliphatic carboxylic acids is 2. The molecule has 76 heavy (non-hydrogen) atoms. The lowest BCUT2D eigenvalue weighted by atomic mass is 9.73. The van der Waals surface area contributed by atoms with Gasteiger partial charge in [0.2, 0.25) is 0 Å². The molecular weight excluding hydrogens is 987 g/mol. The summed E-state index contributed by atoms with van der Waals surface area (Å²) in [4.78, 5) is 93.4. The lowest BCUT2D eigenvalue weighted by molar-refractivity contribution is -0.288. The largest absolute Gasteiger partial charge is 0.481 e. The van der Waals surface area contributed by atoms with Gasteiger partial charge in [-0.05, 0) is 57.8 Å². The summed E-state index contributed by atoms with van der Waals surface area (Å²) in [6.45, 7) is 13.5. The van der Waals surface area contributed by atoms with Crippen LogP contribution in [0.4, 0.5) is 0 Å². The highest BCUT2D eigenvalue weighted by Crippen LogP contribution is 2.46. The van der Waals surface area contributed by atoms with Gasteiger partial charge in [0, 0.05) is 93.2 Å². The van der Waals surface area contributed by atoms with Gasteiger partial charge in [0.1, 0.15) is 12.2 Å². The SMILES string of the molecule is CCC/C=C/C=C/C(=O)O.CCC1CC2C/C(=C\C(=O)OC)CC(O)(O2)C(C)(C)/C=C/C2C/C(=C\C(=O)OC)CC(CC3OC(CCCC(=O)O1)CC(OC(C)=O)C3(C)C)O2.O=C(O)CCCCCN1C(=O)C=CC1=O. The van der Waals surface area contributed by atoms with Gasteiger partial charge < -0.3 is 48.5 Å². The Labute approximate surface area is 447 Å². The predicted octanol–water partition coefficient (Wildman–Crippen LogP) is 8.12. The summed E-state index contributed by atoms with van der Waals surface area (Å²) in [7, 11) is 2.64. The number of hydrogen-bond acceptors (Lipinski definition) is 16. The van der Waals surface area contributed by atoms with Crippen LogP contribution in [-0.2, 0) is 71.5 Å². The number of imide groups is 1. The van der Waals surface area contributed by atoms with Crippen molar-refractivity contribution in [3.63, 3.8) is 0 Å². The maximum absolute atomic E-state index is 13.1. The van der Waals surface area contributed by atoms with Gasteiger partial charge in [0.05, 0.1) is 44.7 Å². The van der Waals surface area contributed by atoms with Gasteiger partial charge in [-0.15, -0.1) is 0 Å². The highest BCUT2D eigenvalue weighted by molar-refractivity contribution is 6.12. The van der Waals surface area contributed by atoms with E-state index in [1.54, 1.807) is 6.08 Å². The number of carbonyl (C=O) groups is 8. The molecule has 0 radical (unpaired) electrons. The Morgan fingerprint density at radius 3 is 2.08 bits per heavy atom. The van der Waals surface area contributed by atoms with E-state index < -0.39 is 64.9 Å². The minimum Gasteiger partial charge on any atom is -0.481 e. The van der Waals surface area contributed by atoms with Crippen molar-refractivity contribution in [1.82, 2.24) is 4.90 Å². The second-order valence-electron chi connectivity index (χ2n) is 20.9. The Morgan fingerprint density at radius 1 is 0.816 bits per heavy atom. The number of fused-ring (bicyclic) bond motifs is 6. The Hall–Kier alpha value is -5.76. The van der Waals surface area contributed by atoms with Crippen molar-refractivity contribution in [2.75, 3.05) is 20.8 Å². The van der Waals surface area contributed by atoms with E-state index >= 15 is 0 Å². The lowest BCUT2D eigenvalue weighted by Gasteiger charge is -2.48. The fourth-order valence-corrected chi connectivity index (χ4v) is 9.49. The number of unbranched alkanes of at least 4 members (excludes halogenated alkanes) is 3. The first-order chi connectivity index (χ1) is 35.8. The summed E-state index contributed by atoms with van der Waals surface area (Å²) in [5.41, 5.74) is -0.0134. The van der Waals surface area contributed by atoms with Crippen LogP contribution < -0.4 is 0 Å². The maximum atomic E-state index is 13.1. The Bertz CT molecular complexity index is 2170. The second kappa shape index (κ2) is 31.5. The van der Waals surface area contributed by atoms with E-state index in [1.165, 1.54) is 56.4 Å². The number of carbonyl (C=O) groups excluding carboxylic acids is 6. The number of methoxy groups -OCH3 is 2. The number of aliphatic hydroxyl groups is 1. The van der Waals surface area contributed by atoms with Crippen LogP contribution in [0, 0.1) is 10.8 Å². The lowest BCUT2D eigenvalue weighted by Crippen LogP contribution is -2.53. The second-order valence-corrected chi connectivity index (χ2v) is 20.9. The third-order valence-corrected chi connectivity index (χ3v) is 14.0. The van der Waals surface area contributed by atoms with Crippen LogP contribution in [0.15, 0.2) is 71.9 Å². The first-order valence-electron chi connectivity index (χ1n) is 26.5. The van der Waals surface area contributed by atoms with Crippen LogP contribution in [-0.4, -0.2) is 137 Å². The fourth-order valence-electron chi connectivity index (χ4n) is 9.49. The third-order valence-electron chi connectivity index (χ3n) is 14.0. The molecule has 5 aliphatic heterocycles. The Kier molecular flexibility index (Phi) is 26.7. The van der Waals surface area contributed by atoms with Crippen LogP contribution in [0.3, 0.4) is 0 Å². The first kappa shape index (κ1) is 64.5. The minimum atomic E-state index is -1.73. The molecule has 6 bridgehead atoms. The van der Waals surface area contributed by atoms with E-state index in [0.717, 1.165) is 24.5 Å². The number of esters is 4. The molecule has 2 amide bonds. The van der Waals surface area contributed by atoms with Crippen LogP contribution >= 0.6 is 0 Å². The predicted molar refractivity (Wildman–Crippen MR) is 279 cm³/mol. The van der Waals surface area contributed by atoms with E-state index in [4.69, 9.17) is 43.4 Å². The average molecular weight is 1070 g/mol. The number of carboxylic acids is 2. The van der Waals surface area contributed by atoms with Crippen LogP contribution in [0.2, 0.25) is 0 Å². The molecule has 19 nitrogen and oxygen atoms in total. The van der Waals surface area contributed by atoms with Gasteiger partial charge in [-0.2, -0.15) is 0 Å². The van der Waals surface area contributed by atoms with E-state index in [1.807, 2.05) is 52.8 Å². The van der Waals surface area contributed by atoms with Gasteiger partial charge in [-0.25, -0.2) is 14.4 Å². The molecule has 0 aliphatic carbocycles. The van der Waals surface area contributed by atoms with Gasteiger partial charge in [-0.3, -0.25) is 28.9 Å².